The molecule has 2 N–H and O–H groups in total. The van der Waals surface area contributed by atoms with Crippen molar-refractivity contribution in [1.29, 1.82) is 0 Å². The Morgan fingerprint density at radius 1 is 1.24 bits per heavy atom. The number of anilines is 1. The van der Waals surface area contributed by atoms with Crippen LogP contribution in [0, 0.1) is 0 Å². The van der Waals surface area contributed by atoms with Gasteiger partial charge in [-0.3, -0.25) is 4.79 Å². The number of aromatic nitrogens is 2. The van der Waals surface area contributed by atoms with Crippen LogP contribution in [-0.4, -0.2) is 40.8 Å². The van der Waals surface area contributed by atoms with Gasteiger partial charge in [-0.15, -0.1) is 0 Å². The third kappa shape index (κ3) is 3.75. The number of carbonyl (C=O) groups excluding carboxylic acids is 1. The van der Waals surface area contributed by atoms with Gasteiger partial charge in [-0.25, -0.2) is 9.78 Å². The van der Waals surface area contributed by atoms with E-state index in [4.69, 9.17) is 0 Å². The molecule has 0 unspecified atom stereocenters. The van der Waals surface area contributed by atoms with E-state index in [0.29, 0.717) is 18.9 Å². The predicted octanol–water partition coefficient (Wildman–Crippen LogP) is 1.61. The molecule has 1 aliphatic rings. The van der Waals surface area contributed by atoms with Crippen molar-refractivity contribution >= 4 is 22.9 Å². The minimum atomic E-state index is -0.131. The second-order valence-electron chi connectivity index (χ2n) is 6.82. The smallest absolute Gasteiger partial charge is 0.315 e. The van der Waals surface area contributed by atoms with Crippen LogP contribution in [0.15, 0.2) is 29.1 Å². The molecule has 7 nitrogen and oxygen atoms in total. The van der Waals surface area contributed by atoms with Crippen molar-refractivity contribution in [3.05, 3.63) is 34.6 Å². The van der Waals surface area contributed by atoms with Crippen LogP contribution in [0.1, 0.15) is 26.7 Å². The topological polar surface area (TPSA) is 79.3 Å². The number of amides is 2. The zero-order valence-corrected chi connectivity index (χ0v) is 15.0. The van der Waals surface area contributed by atoms with Crippen LogP contribution in [0.5, 0.6) is 0 Å². The fraction of sp³-hybridized carbons (Fsp3) is 0.500. The van der Waals surface area contributed by atoms with Crippen molar-refractivity contribution in [2.45, 2.75) is 38.8 Å². The third-order valence-corrected chi connectivity index (χ3v) is 4.51. The van der Waals surface area contributed by atoms with E-state index in [1.54, 1.807) is 11.6 Å². The zero-order chi connectivity index (χ0) is 18.0. The summed E-state index contributed by atoms with van der Waals surface area (Å²) in [5.41, 5.74) is 1.57. The Kier molecular flexibility index (Phi) is 4.92. The molecule has 1 aromatic heterocycles. The summed E-state index contributed by atoms with van der Waals surface area (Å²) in [4.78, 5) is 31.1. The van der Waals surface area contributed by atoms with Gasteiger partial charge < -0.3 is 20.1 Å². The quantitative estimate of drug-likeness (QED) is 0.887. The van der Waals surface area contributed by atoms with Crippen LogP contribution < -0.4 is 21.1 Å². The number of carbonyl (C=O) groups is 1. The van der Waals surface area contributed by atoms with Gasteiger partial charge in [-0.2, -0.15) is 0 Å². The first-order valence-electron chi connectivity index (χ1n) is 8.73. The van der Waals surface area contributed by atoms with Gasteiger partial charge in [0.2, 0.25) is 0 Å². The SMILES string of the molecule is CC(C)NC(=O)NC1CCN(c2nc3ccccc3n(C)c2=O)CC1. The summed E-state index contributed by atoms with van der Waals surface area (Å²) in [6, 6.07) is 7.76. The van der Waals surface area contributed by atoms with E-state index >= 15 is 0 Å². The van der Waals surface area contributed by atoms with E-state index in [1.165, 1.54) is 0 Å². The van der Waals surface area contributed by atoms with Crippen LogP contribution >= 0.6 is 0 Å². The number of benzene rings is 1. The van der Waals surface area contributed by atoms with Crippen molar-refractivity contribution in [3.8, 4) is 0 Å². The normalized spacial score (nSPS) is 15.6. The molecule has 0 atom stereocenters. The number of urea groups is 1. The number of fused-ring (bicyclic) bond motifs is 1. The maximum absolute atomic E-state index is 12.6. The zero-order valence-electron chi connectivity index (χ0n) is 15.0. The molecule has 134 valence electrons. The Labute approximate surface area is 147 Å². The fourth-order valence-electron chi connectivity index (χ4n) is 3.19. The molecular weight excluding hydrogens is 318 g/mol. The molecule has 1 aromatic carbocycles. The summed E-state index contributed by atoms with van der Waals surface area (Å²) in [5, 5.41) is 5.84. The van der Waals surface area contributed by atoms with Gasteiger partial charge in [-0.1, -0.05) is 12.1 Å². The van der Waals surface area contributed by atoms with Gasteiger partial charge in [-0.05, 0) is 38.8 Å². The Morgan fingerprint density at radius 3 is 2.60 bits per heavy atom. The molecule has 2 amide bonds. The fourth-order valence-corrected chi connectivity index (χ4v) is 3.19. The molecular formula is C18H25N5O2. The van der Waals surface area contributed by atoms with Gasteiger partial charge in [0, 0.05) is 32.2 Å². The van der Waals surface area contributed by atoms with Crippen LogP contribution in [-0.2, 0) is 7.05 Å². The lowest BCUT2D eigenvalue weighted by Crippen LogP contribution is -2.50. The van der Waals surface area contributed by atoms with E-state index in [2.05, 4.69) is 15.6 Å². The second kappa shape index (κ2) is 7.13. The molecule has 1 fully saturated rings. The summed E-state index contributed by atoms with van der Waals surface area (Å²) < 4.78 is 1.65. The van der Waals surface area contributed by atoms with Gasteiger partial charge >= 0.3 is 6.03 Å². The molecule has 7 heteroatoms. The highest BCUT2D eigenvalue weighted by molar-refractivity contribution is 5.76. The highest BCUT2D eigenvalue weighted by Gasteiger charge is 2.24. The second-order valence-corrected chi connectivity index (χ2v) is 6.82. The van der Waals surface area contributed by atoms with Gasteiger partial charge in [0.1, 0.15) is 0 Å². The van der Waals surface area contributed by atoms with Crippen molar-refractivity contribution < 1.29 is 4.79 Å². The predicted molar refractivity (Wildman–Crippen MR) is 99.0 cm³/mol. The molecule has 1 saturated heterocycles. The molecule has 1 aliphatic heterocycles. The van der Waals surface area contributed by atoms with Crippen molar-refractivity contribution in [2.75, 3.05) is 18.0 Å². The minimum Gasteiger partial charge on any atom is -0.352 e. The van der Waals surface area contributed by atoms with Gasteiger partial charge in [0.25, 0.3) is 5.56 Å². The van der Waals surface area contributed by atoms with E-state index in [0.717, 1.165) is 23.9 Å². The maximum Gasteiger partial charge on any atom is 0.315 e. The average Bonchev–Trinajstić information content (AvgIpc) is 2.58. The molecule has 0 aliphatic carbocycles. The minimum absolute atomic E-state index is 0.0809. The van der Waals surface area contributed by atoms with E-state index in [9.17, 15) is 9.59 Å². The average molecular weight is 343 g/mol. The highest BCUT2D eigenvalue weighted by atomic mass is 16.2. The molecule has 25 heavy (non-hydrogen) atoms. The number of para-hydroxylation sites is 2. The Morgan fingerprint density at radius 2 is 1.92 bits per heavy atom. The Bertz CT molecular complexity index is 822. The number of piperidine rings is 1. The van der Waals surface area contributed by atoms with Crippen molar-refractivity contribution in [2.24, 2.45) is 7.05 Å². The van der Waals surface area contributed by atoms with Crippen molar-refractivity contribution in [3.63, 3.8) is 0 Å². The van der Waals surface area contributed by atoms with Crippen LogP contribution in [0.4, 0.5) is 10.6 Å². The molecule has 0 saturated carbocycles. The molecule has 3 rings (SSSR count). The lowest BCUT2D eigenvalue weighted by molar-refractivity contribution is 0.232. The Balaban J connectivity index is 1.71. The number of aryl methyl sites for hydroxylation is 1. The van der Waals surface area contributed by atoms with E-state index in [-0.39, 0.29) is 23.7 Å². The van der Waals surface area contributed by atoms with Crippen molar-refractivity contribution in [1.82, 2.24) is 20.2 Å². The number of hydrogen-bond acceptors (Lipinski definition) is 4. The number of hydrogen-bond donors (Lipinski definition) is 2. The largest absolute Gasteiger partial charge is 0.352 e. The monoisotopic (exact) mass is 343 g/mol. The van der Waals surface area contributed by atoms with Gasteiger partial charge in [0.15, 0.2) is 5.82 Å². The summed E-state index contributed by atoms with van der Waals surface area (Å²) in [7, 11) is 1.78. The summed E-state index contributed by atoms with van der Waals surface area (Å²) >= 11 is 0. The maximum atomic E-state index is 12.6. The molecule has 0 bridgehead atoms. The van der Waals surface area contributed by atoms with Crippen LogP contribution in [0.3, 0.4) is 0 Å². The Hall–Kier alpha value is -2.57. The first-order chi connectivity index (χ1) is 12.0. The van der Waals surface area contributed by atoms with E-state index < -0.39 is 0 Å². The molecule has 2 heterocycles. The highest BCUT2D eigenvalue weighted by Crippen LogP contribution is 2.18. The summed E-state index contributed by atoms with van der Waals surface area (Å²) in [6.45, 7) is 5.27. The number of nitrogens with zero attached hydrogens (tertiary/aromatic N) is 3. The summed E-state index contributed by atoms with van der Waals surface area (Å²) in [5.74, 6) is 0.492. The first kappa shape index (κ1) is 17.3. The van der Waals surface area contributed by atoms with Crippen LogP contribution in [0.2, 0.25) is 0 Å². The standard InChI is InChI=1S/C18H25N5O2/c1-12(2)19-18(25)20-13-8-10-23(11-9-13)16-17(24)22(3)15-7-5-4-6-14(15)21-16/h4-7,12-13H,8-11H2,1-3H3,(H2,19,20,25). The number of nitrogens with one attached hydrogen (secondary N) is 2. The molecule has 2 aromatic rings. The lowest BCUT2D eigenvalue weighted by atomic mass is 10.1. The lowest BCUT2D eigenvalue weighted by Gasteiger charge is -2.33. The number of rotatable bonds is 3. The summed E-state index contributed by atoms with van der Waals surface area (Å²) in [6.07, 6.45) is 1.59. The first-order valence-corrected chi connectivity index (χ1v) is 8.73. The van der Waals surface area contributed by atoms with Crippen LogP contribution in [0.25, 0.3) is 11.0 Å². The molecule has 0 spiro atoms. The van der Waals surface area contributed by atoms with Gasteiger partial charge in [0.05, 0.1) is 11.0 Å². The van der Waals surface area contributed by atoms with E-state index in [1.807, 2.05) is 43.0 Å². The molecule has 0 radical (unpaired) electrons. The third-order valence-electron chi connectivity index (χ3n) is 4.51.